The highest BCUT2D eigenvalue weighted by Crippen LogP contribution is 2.53. The molecule has 4 spiro atoms. The van der Waals surface area contributed by atoms with Gasteiger partial charge < -0.3 is 51.2 Å². The lowest BCUT2D eigenvalue weighted by molar-refractivity contribution is -0.132. The number of nitrogens with two attached hydrogens (primary N) is 1. The third kappa shape index (κ3) is 22.4. The normalized spacial score (nSPS) is 23.3. The average molecular weight is 1560 g/mol. The molecular weight excluding hydrogens is 1470 g/mol. The molecule has 4 aliphatic carbocycles. The predicted octanol–water partition coefficient (Wildman–Crippen LogP) is 19.4. The van der Waals surface area contributed by atoms with Crippen LogP contribution in [0.4, 0.5) is 64.5 Å². The number of aromatic nitrogens is 4. The van der Waals surface area contributed by atoms with Crippen molar-refractivity contribution in [2.75, 3.05) is 78.9 Å². The number of ketones is 1. The van der Waals surface area contributed by atoms with Gasteiger partial charge in [0.2, 0.25) is 10.6 Å². The molecule has 8 aromatic rings. The van der Waals surface area contributed by atoms with Gasteiger partial charge in [0.1, 0.15) is 37.6 Å². The Morgan fingerprint density at radius 3 is 1.35 bits per heavy atom. The van der Waals surface area contributed by atoms with Crippen LogP contribution in [0.1, 0.15) is 128 Å². The lowest BCUT2D eigenvalue weighted by Crippen LogP contribution is -2.47. The summed E-state index contributed by atoms with van der Waals surface area (Å²) in [7, 11) is 0. The van der Waals surface area contributed by atoms with Gasteiger partial charge in [0.25, 0.3) is 0 Å². The largest absolute Gasteiger partial charge is 0.444 e. The minimum atomic E-state index is -4.25. The van der Waals surface area contributed by atoms with Crippen LogP contribution >= 0.6 is 57.5 Å². The summed E-state index contributed by atoms with van der Waals surface area (Å²) in [6, 6.07) is 45.1. The van der Waals surface area contributed by atoms with Crippen molar-refractivity contribution in [3.63, 3.8) is 0 Å². The summed E-state index contributed by atoms with van der Waals surface area (Å²) in [6.45, 7) is 18.5. The van der Waals surface area contributed by atoms with Crippen molar-refractivity contribution in [2.24, 2.45) is 21.7 Å². The molecule has 8 fully saturated rings. The summed E-state index contributed by atoms with van der Waals surface area (Å²) in [4.78, 5) is 58.0. The maximum absolute atomic E-state index is 12.8. The van der Waals surface area contributed by atoms with Gasteiger partial charge in [-0.1, -0.05) is 84.4 Å². The van der Waals surface area contributed by atoms with Crippen LogP contribution in [0.5, 0.6) is 0 Å². The quantitative estimate of drug-likeness (QED) is 0.0395. The number of likely N-dealkylation sites (tertiary alicyclic amines) is 2. The molecule has 106 heavy (non-hydrogen) atoms. The zero-order valence-electron chi connectivity index (χ0n) is 60.5. The fourth-order valence-corrected chi connectivity index (χ4v) is 18.4. The number of hydrogen-bond donors (Lipinski definition) is 5. The number of alkyl halides is 6. The number of Topliss-reactive ketones (excluding diaryl/α,β-unsaturated/α-hetero) is 1. The number of thiophene rings is 2. The van der Waals surface area contributed by atoms with E-state index in [4.69, 9.17) is 50.0 Å². The van der Waals surface area contributed by atoms with Crippen LogP contribution in [0, 0.1) is 21.7 Å². The molecule has 4 aromatic heterocycles. The third-order valence-corrected chi connectivity index (χ3v) is 22.9. The summed E-state index contributed by atoms with van der Waals surface area (Å²) in [5.41, 5.74) is 10.2. The highest BCUT2D eigenvalue weighted by molar-refractivity contribution is 7.19. The van der Waals surface area contributed by atoms with E-state index in [1.165, 1.54) is 49.8 Å². The Hall–Kier alpha value is -7.42. The number of nitrogen functional groups attached to an aromatic ring is 1. The highest BCUT2D eigenvalue weighted by atomic mass is 35.5. The SMILES string of the molecule is CC(C)(C)OC(=O)N1CCC2(CC(=O)C2)C1.CC(C)(C)OC(=O)N1CCC2(CC(Nc3ccccc3)C2)C1.FC(F)(F)Cc1cc2c(Cl)nc(Cl)nc2s1.FC(F)(F)Cc1cc2c(N3CCC4(CC(Nc5ccccc5)C4)C3)nc(Cl)nc2s1.Nc1ccccc1.c1ccc(NC2CC3(CCNC3)C2)cc1. The van der Waals surface area contributed by atoms with Crippen LogP contribution in [0.25, 0.3) is 20.4 Å². The van der Waals surface area contributed by atoms with Gasteiger partial charge in [-0.3, -0.25) is 4.79 Å². The van der Waals surface area contributed by atoms with Crippen LogP contribution in [0.2, 0.25) is 15.7 Å². The summed E-state index contributed by atoms with van der Waals surface area (Å²) in [5.74, 6) is 0.983. The molecule has 0 atom stereocenters. The molecule has 4 saturated heterocycles. The van der Waals surface area contributed by atoms with Gasteiger partial charge in [0.15, 0.2) is 0 Å². The Labute approximate surface area is 638 Å². The van der Waals surface area contributed by atoms with Crippen molar-refractivity contribution in [3.8, 4) is 0 Å². The number of anilines is 5. The van der Waals surface area contributed by atoms with Crippen LogP contribution in [-0.4, -0.2) is 142 Å². The molecule has 2 amide bonds. The van der Waals surface area contributed by atoms with E-state index in [2.05, 4.69) is 113 Å². The first kappa shape index (κ1) is 79.6. The number of amides is 2. The zero-order valence-corrected chi connectivity index (χ0v) is 64.4. The second-order valence-electron chi connectivity index (χ2n) is 31.6. The standard InChI is InChI=1S/C21H20ClF3N4S.C18H26N2O2.C13H18N2.C12H19NO3.C8H3Cl2F3N2S.C6H7N/c22-19-27-17(16-8-15(11-21(23,24)25)30-18(16)28-19)29-7-6-20(12-29)9-14(10-20)26-13-4-2-1-3-5-13;1-17(2,3)22-16(21)20-10-9-18(13-20)11-15(12-18)19-14-7-5-4-6-8-14;1-2-4-11(5-3-1)15-12-8-13(9-12)6-7-14-10-13;1-11(2,3)16-10(15)13-5-4-12(8-13)6-9(14)7-12;9-5-4-1-3(2-8(11,12)13)16-6(4)15-7(10)14-5;7-6-4-2-1-3-5-6/h1-5,8,14,26H,6-7,9-12H2;4-8,15,19H,9-13H2,1-3H3;1-5,12,14-15H,6-10H2;4-8H2,1-3H3;1H,2H2;1-5H,7H2. The van der Waals surface area contributed by atoms with E-state index in [-0.39, 0.29) is 48.5 Å². The van der Waals surface area contributed by atoms with E-state index in [9.17, 15) is 40.7 Å². The number of ether oxygens (including phenoxy) is 2. The number of hydrogen-bond acceptors (Lipinski definition) is 17. The molecule has 16 rings (SSSR count). The molecule has 570 valence electrons. The molecule has 6 N–H and O–H groups in total. The highest BCUT2D eigenvalue weighted by Gasteiger charge is 2.52. The summed E-state index contributed by atoms with van der Waals surface area (Å²) in [6.07, 6.45) is 2.00. The van der Waals surface area contributed by atoms with E-state index < -0.39 is 36.4 Å². The molecule has 8 heterocycles. The molecule has 4 aliphatic heterocycles. The monoisotopic (exact) mass is 1560 g/mol. The second-order valence-corrected chi connectivity index (χ2v) is 34.9. The summed E-state index contributed by atoms with van der Waals surface area (Å²) < 4.78 is 85.8. The molecule has 17 nitrogen and oxygen atoms in total. The first-order valence-corrected chi connectivity index (χ1v) is 38.7. The molecule has 8 aliphatic rings. The van der Waals surface area contributed by atoms with E-state index in [1.54, 1.807) is 11.0 Å². The van der Waals surface area contributed by atoms with Crippen LogP contribution < -0.4 is 31.9 Å². The number of para-hydroxylation sites is 4. The third-order valence-electron chi connectivity index (χ3n) is 20.2. The molecular formula is C78H93Cl3F6N12O5S2. The molecule has 4 saturated carbocycles. The van der Waals surface area contributed by atoms with E-state index >= 15 is 0 Å². The van der Waals surface area contributed by atoms with Gasteiger partial charge in [0.05, 0.1) is 18.2 Å². The predicted molar refractivity (Wildman–Crippen MR) is 413 cm³/mol. The van der Waals surface area contributed by atoms with E-state index in [0.717, 1.165) is 112 Å². The van der Waals surface area contributed by atoms with Gasteiger partial charge in [-0.05, 0) is 212 Å². The lowest BCUT2D eigenvalue weighted by atomic mass is 9.65. The number of carbonyl (C=O) groups is 3. The molecule has 0 radical (unpaired) electrons. The molecule has 28 heteroatoms. The van der Waals surface area contributed by atoms with Gasteiger partial charge >= 0.3 is 24.5 Å². The second kappa shape index (κ2) is 33.2. The fraction of sp³-hybridized carbons (Fsp3) is 0.500. The number of carbonyl (C=O) groups excluding carboxylic acids is 3. The maximum atomic E-state index is 12.8. The maximum Gasteiger partial charge on any atom is 0.410 e. The van der Waals surface area contributed by atoms with Gasteiger partial charge in [0, 0.05) is 120 Å². The number of benzene rings is 4. The van der Waals surface area contributed by atoms with Crippen molar-refractivity contribution < 1.29 is 50.2 Å². The topological polar surface area (TPSA) is 205 Å². The smallest absolute Gasteiger partial charge is 0.410 e. The minimum Gasteiger partial charge on any atom is -0.444 e. The van der Waals surface area contributed by atoms with Crippen molar-refractivity contribution >= 4 is 124 Å². The van der Waals surface area contributed by atoms with Crippen molar-refractivity contribution in [1.29, 1.82) is 0 Å². The molecule has 0 unspecified atom stereocenters. The number of rotatable bonds is 9. The average Bonchev–Trinajstić information content (AvgIpc) is 1.60. The van der Waals surface area contributed by atoms with Gasteiger partial charge in [-0.15, -0.1) is 22.7 Å². The van der Waals surface area contributed by atoms with Gasteiger partial charge in [-0.2, -0.15) is 31.3 Å². The van der Waals surface area contributed by atoms with Crippen LogP contribution in [-0.2, 0) is 27.1 Å². The minimum absolute atomic E-state index is 0.0691. The number of halogens is 9. The lowest BCUT2D eigenvalue weighted by Gasteiger charge is -2.46. The van der Waals surface area contributed by atoms with Crippen molar-refractivity contribution in [2.45, 2.75) is 173 Å². The molecule has 4 aromatic carbocycles. The fourth-order valence-electron chi connectivity index (χ4n) is 15.5. The van der Waals surface area contributed by atoms with Crippen molar-refractivity contribution in [3.05, 3.63) is 159 Å². The van der Waals surface area contributed by atoms with E-state index in [1.807, 2.05) is 101 Å². The Morgan fingerprint density at radius 1 is 0.538 bits per heavy atom. The number of nitrogens with one attached hydrogen (secondary N) is 4. The van der Waals surface area contributed by atoms with Crippen LogP contribution in [0.15, 0.2) is 133 Å². The van der Waals surface area contributed by atoms with Crippen molar-refractivity contribution in [1.82, 2.24) is 35.1 Å². The molecule has 0 bridgehead atoms. The van der Waals surface area contributed by atoms with Gasteiger partial charge in [-0.25, -0.2) is 24.5 Å². The summed E-state index contributed by atoms with van der Waals surface area (Å²) in [5, 5.41) is 15.4. The Bertz CT molecular complexity index is 4250. The van der Waals surface area contributed by atoms with E-state index in [0.29, 0.717) is 80.4 Å². The van der Waals surface area contributed by atoms with Crippen LogP contribution in [0.3, 0.4) is 0 Å². The Morgan fingerprint density at radius 2 is 0.934 bits per heavy atom. The Balaban J connectivity index is 0.000000132. The summed E-state index contributed by atoms with van der Waals surface area (Å²) >= 11 is 19.3. The number of fused-ring (bicyclic) bond motifs is 2. The zero-order chi connectivity index (χ0) is 75.9. The Kier molecular flexibility index (Phi) is 24.9. The first-order chi connectivity index (χ1) is 50.0. The first-order valence-electron chi connectivity index (χ1n) is 35.9. The number of nitrogens with zero attached hydrogens (tertiary/aromatic N) is 7.